The van der Waals surface area contributed by atoms with Crippen molar-refractivity contribution in [3.63, 3.8) is 0 Å². The number of carbonyl (C=O) groups excluding carboxylic acids is 2. The van der Waals surface area contributed by atoms with E-state index >= 15 is 0 Å². The average molecular weight is 390 g/mol. The molecule has 5 nitrogen and oxygen atoms in total. The minimum absolute atomic E-state index is 0.134. The third kappa shape index (κ3) is 3.70. The molecule has 2 heterocycles. The van der Waals surface area contributed by atoms with E-state index in [1.165, 1.54) is 10.5 Å². The smallest absolute Gasteiger partial charge is 0.278 e. The molecule has 2 amide bonds. The van der Waals surface area contributed by atoms with Crippen LogP contribution in [0, 0.1) is 0 Å². The molecule has 5 heteroatoms. The number of imide groups is 1. The first-order valence-corrected chi connectivity index (χ1v) is 10.2. The van der Waals surface area contributed by atoms with Gasteiger partial charge in [-0.25, -0.2) is 0 Å². The van der Waals surface area contributed by atoms with E-state index in [0.29, 0.717) is 37.4 Å². The van der Waals surface area contributed by atoms with Gasteiger partial charge in [0.2, 0.25) is 0 Å². The molecule has 29 heavy (non-hydrogen) atoms. The molecular formula is C24H26N2O3. The summed E-state index contributed by atoms with van der Waals surface area (Å²) < 4.78 is 5.58. The molecule has 4 rings (SSSR count). The van der Waals surface area contributed by atoms with Crippen LogP contribution >= 0.6 is 0 Å². The average Bonchev–Trinajstić information content (AvgIpc) is 3.25. The van der Waals surface area contributed by atoms with Gasteiger partial charge in [0.25, 0.3) is 11.8 Å². The van der Waals surface area contributed by atoms with Gasteiger partial charge in [0.15, 0.2) is 0 Å². The molecule has 2 aliphatic rings. The van der Waals surface area contributed by atoms with E-state index in [4.69, 9.17) is 4.74 Å². The third-order valence-corrected chi connectivity index (χ3v) is 5.34. The molecule has 2 aromatic rings. The molecule has 0 saturated heterocycles. The van der Waals surface area contributed by atoms with Crippen LogP contribution in [0.3, 0.4) is 0 Å². The highest BCUT2D eigenvalue weighted by Gasteiger charge is 2.42. The van der Waals surface area contributed by atoms with E-state index < -0.39 is 0 Å². The fourth-order valence-corrected chi connectivity index (χ4v) is 3.99. The lowest BCUT2D eigenvalue weighted by Gasteiger charge is -2.22. The number of hydrogen-bond acceptors (Lipinski definition) is 4. The summed E-state index contributed by atoms with van der Waals surface area (Å²) >= 11 is 0. The first-order valence-electron chi connectivity index (χ1n) is 10.2. The van der Waals surface area contributed by atoms with Gasteiger partial charge in [-0.2, -0.15) is 0 Å². The minimum atomic E-state index is -0.217. The van der Waals surface area contributed by atoms with Gasteiger partial charge in [0, 0.05) is 25.4 Å². The Morgan fingerprint density at radius 3 is 2.45 bits per heavy atom. The maximum absolute atomic E-state index is 13.4. The quantitative estimate of drug-likeness (QED) is 0.535. The molecule has 0 aliphatic carbocycles. The van der Waals surface area contributed by atoms with E-state index in [9.17, 15) is 9.59 Å². The molecule has 0 unspecified atom stereocenters. The summed E-state index contributed by atoms with van der Waals surface area (Å²) in [4.78, 5) is 30.1. The zero-order valence-electron chi connectivity index (χ0n) is 16.9. The van der Waals surface area contributed by atoms with Crippen molar-refractivity contribution >= 4 is 23.1 Å². The highest BCUT2D eigenvalue weighted by atomic mass is 16.5. The van der Waals surface area contributed by atoms with E-state index in [-0.39, 0.29) is 17.9 Å². The Morgan fingerprint density at radius 2 is 1.69 bits per heavy atom. The SMILES string of the molecule is CC(C)OCCCN1C(=O)C(c2ccccc2)=C(N2CCc3ccccc32)C1=O. The molecule has 2 aromatic carbocycles. The predicted octanol–water partition coefficient (Wildman–Crippen LogP) is 3.64. The summed E-state index contributed by atoms with van der Waals surface area (Å²) in [6.07, 6.45) is 1.63. The predicted molar refractivity (Wildman–Crippen MR) is 113 cm³/mol. The van der Waals surface area contributed by atoms with Gasteiger partial charge in [0.05, 0.1) is 11.7 Å². The molecule has 0 N–H and O–H groups in total. The van der Waals surface area contributed by atoms with E-state index in [2.05, 4.69) is 6.07 Å². The van der Waals surface area contributed by atoms with Crippen LogP contribution in [-0.4, -0.2) is 42.5 Å². The van der Waals surface area contributed by atoms with Crippen molar-refractivity contribution in [3.8, 4) is 0 Å². The van der Waals surface area contributed by atoms with Crippen LogP contribution in [0.15, 0.2) is 60.3 Å². The van der Waals surface area contributed by atoms with Gasteiger partial charge in [-0.15, -0.1) is 0 Å². The van der Waals surface area contributed by atoms with Gasteiger partial charge in [-0.1, -0.05) is 48.5 Å². The molecule has 0 aromatic heterocycles. The Bertz CT molecular complexity index is 950. The summed E-state index contributed by atoms with van der Waals surface area (Å²) in [6, 6.07) is 17.6. The molecular weight excluding hydrogens is 364 g/mol. The lowest BCUT2D eigenvalue weighted by molar-refractivity contribution is -0.137. The van der Waals surface area contributed by atoms with Gasteiger partial charge >= 0.3 is 0 Å². The highest BCUT2D eigenvalue weighted by molar-refractivity contribution is 6.36. The largest absolute Gasteiger partial charge is 0.379 e. The Labute approximate surface area is 171 Å². The summed E-state index contributed by atoms with van der Waals surface area (Å²) in [7, 11) is 0. The Morgan fingerprint density at radius 1 is 0.966 bits per heavy atom. The molecule has 0 spiro atoms. The summed E-state index contributed by atoms with van der Waals surface area (Å²) in [5.41, 5.74) is 4.00. The number of ether oxygens (including phenoxy) is 1. The second kappa shape index (κ2) is 8.21. The van der Waals surface area contributed by atoms with E-state index in [1.807, 2.05) is 67.3 Å². The van der Waals surface area contributed by atoms with Gasteiger partial charge in [0.1, 0.15) is 5.70 Å². The van der Waals surface area contributed by atoms with Crippen molar-refractivity contribution in [1.29, 1.82) is 0 Å². The topological polar surface area (TPSA) is 49.9 Å². The maximum atomic E-state index is 13.4. The van der Waals surface area contributed by atoms with Crippen LogP contribution in [0.4, 0.5) is 5.69 Å². The van der Waals surface area contributed by atoms with Gasteiger partial charge in [-0.05, 0) is 43.9 Å². The monoisotopic (exact) mass is 390 g/mol. The zero-order valence-corrected chi connectivity index (χ0v) is 16.9. The van der Waals surface area contributed by atoms with Crippen molar-refractivity contribution in [2.75, 3.05) is 24.6 Å². The van der Waals surface area contributed by atoms with Crippen LogP contribution in [0.25, 0.3) is 5.57 Å². The second-order valence-electron chi connectivity index (χ2n) is 7.66. The first kappa shape index (κ1) is 19.4. The first-order chi connectivity index (χ1) is 14.1. The molecule has 0 saturated carbocycles. The summed E-state index contributed by atoms with van der Waals surface area (Å²) in [6.45, 7) is 5.54. The van der Waals surface area contributed by atoms with Crippen LogP contribution in [-0.2, 0) is 20.7 Å². The lowest BCUT2D eigenvalue weighted by atomic mass is 10.0. The van der Waals surface area contributed by atoms with Crippen molar-refractivity contribution in [3.05, 3.63) is 71.4 Å². The number of anilines is 1. The zero-order chi connectivity index (χ0) is 20.4. The molecule has 0 atom stereocenters. The second-order valence-corrected chi connectivity index (χ2v) is 7.66. The van der Waals surface area contributed by atoms with Gasteiger partial charge < -0.3 is 9.64 Å². The molecule has 0 radical (unpaired) electrons. The molecule has 0 fully saturated rings. The number of benzene rings is 2. The van der Waals surface area contributed by atoms with Gasteiger partial charge in [-0.3, -0.25) is 14.5 Å². The lowest BCUT2D eigenvalue weighted by Crippen LogP contribution is -2.36. The van der Waals surface area contributed by atoms with Crippen LogP contribution in [0.2, 0.25) is 0 Å². The number of para-hydroxylation sites is 1. The van der Waals surface area contributed by atoms with Crippen LogP contribution in [0.5, 0.6) is 0 Å². The number of nitrogens with zero attached hydrogens (tertiary/aromatic N) is 2. The van der Waals surface area contributed by atoms with Crippen molar-refractivity contribution < 1.29 is 14.3 Å². The number of amides is 2. The Balaban J connectivity index is 1.68. The van der Waals surface area contributed by atoms with E-state index in [0.717, 1.165) is 17.7 Å². The summed E-state index contributed by atoms with van der Waals surface area (Å²) in [5.74, 6) is -0.430. The molecule has 2 aliphatic heterocycles. The molecule has 0 bridgehead atoms. The minimum Gasteiger partial charge on any atom is -0.379 e. The van der Waals surface area contributed by atoms with Crippen LogP contribution in [0.1, 0.15) is 31.4 Å². The van der Waals surface area contributed by atoms with Crippen molar-refractivity contribution in [2.24, 2.45) is 0 Å². The molecule has 150 valence electrons. The van der Waals surface area contributed by atoms with Crippen LogP contribution < -0.4 is 4.90 Å². The fourth-order valence-electron chi connectivity index (χ4n) is 3.99. The van der Waals surface area contributed by atoms with Crippen molar-refractivity contribution in [1.82, 2.24) is 4.90 Å². The number of fused-ring (bicyclic) bond motifs is 1. The number of carbonyl (C=O) groups is 2. The number of hydrogen-bond donors (Lipinski definition) is 0. The Hall–Kier alpha value is -2.92. The maximum Gasteiger partial charge on any atom is 0.278 e. The van der Waals surface area contributed by atoms with Crippen molar-refractivity contribution in [2.45, 2.75) is 32.8 Å². The number of rotatable bonds is 7. The normalized spacial score (nSPS) is 16.4. The summed E-state index contributed by atoms with van der Waals surface area (Å²) in [5, 5.41) is 0. The third-order valence-electron chi connectivity index (χ3n) is 5.34. The van der Waals surface area contributed by atoms with E-state index in [1.54, 1.807) is 0 Å². The highest BCUT2D eigenvalue weighted by Crippen LogP contribution is 2.38. The fraction of sp³-hybridized carbons (Fsp3) is 0.333. The Kier molecular flexibility index (Phi) is 5.49. The standard InChI is InChI=1S/C24H26N2O3/c1-17(2)29-16-8-14-26-23(27)21(19-10-4-3-5-11-19)22(24(26)28)25-15-13-18-9-6-7-12-20(18)25/h3-7,9-12,17H,8,13-16H2,1-2H3.